The number of halogens is 1. The van der Waals surface area contributed by atoms with Crippen LogP contribution in [0.15, 0.2) is 29.8 Å². The minimum atomic E-state index is -0.0851. The van der Waals surface area contributed by atoms with Gasteiger partial charge in [-0.05, 0) is 31.2 Å². The Hall–Kier alpha value is -1.79. The first-order valence-corrected chi connectivity index (χ1v) is 8.82. The van der Waals surface area contributed by atoms with Gasteiger partial charge in [-0.25, -0.2) is 0 Å². The summed E-state index contributed by atoms with van der Waals surface area (Å²) in [5.74, 6) is 0.413. The van der Waals surface area contributed by atoms with Gasteiger partial charge < -0.3 is 5.32 Å². The van der Waals surface area contributed by atoms with Crippen molar-refractivity contribution >= 4 is 23.2 Å². The number of carbonyl (C=O) groups is 1. The Bertz CT molecular complexity index is 681. The van der Waals surface area contributed by atoms with Crippen LogP contribution in [0, 0.1) is 16.7 Å². The van der Waals surface area contributed by atoms with Crippen molar-refractivity contribution in [3.63, 3.8) is 0 Å². The van der Waals surface area contributed by atoms with E-state index in [-0.39, 0.29) is 11.3 Å². The molecule has 1 N–H and O–H groups in total. The number of nitrogens with zero attached hydrogens (tertiary/aromatic N) is 1. The average molecular weight is 329 g/mol. The maximum atomic E-state index is 12.2. The minimum absolute atomic E-state index is 0.0572. The maximum absolute atomic E-state index is 12.2. The Labute approximate surface area is 142 Å². The Balaban J connectivity index is 2.03. The highest BCUT2D eigenvalue weighted by Crippen LogP contribution is 2.51. The summed E-state index contributed by atoms with van der Waals surface area (Å²) in [6, 6.07) is 10.6. The number of benzene rings is 1. The highest BCUT2D eigenvalue weighted by molar-refractivity contribution is 6.17. The lowest BCUT2D eigenvalue weighted by Crippen LogP contribution is -2.33. The number of carbonyl (C=O) groups excluding carboxylic acids is 1. The number of alkyl halides is 1. The molecule has 0 heterocycles. The van der Waals surface area contributed by atoms with E-state index in [4.69, 9.17) is 11.6 Å². The molecule has 0 bridgehead atoms. The summed E-state index contributed by atoms with van der Waals surface area (Å²) in [4.78, 5) is 12.2. The van der Waals surface area contributed by atoms with Crippen LogP contribution in [0.25, 0.3) is 5.70 Å². The van der Waals surface area contributed by atoms with Gasteiger partial charge in [-0.3, -0.25) is 4.79 Å². The van der Waals surface area contributed by atoms with E-state index in [0.29, 0.717) is 18.7 Å². The second-order valence-electron chi connectivity index (χ2n) is 6.52. The maximum Gasteiger partial charge on any atom is 0.224 e. The molecule has 0 aromatic heterocycles. The van der Waals surface area contributed by atoms with Crippen molar-refractivity contribution in [2.75, 3.05) is 5.88 Å². The predicted molar refractivity (Wildman–Crippen MR) is 91.7 cm³/mol. The number of nitriles is 1. The van der Waals surface area contributed by atoms with E-state index in [1.807, 2.05) is 18.2 Å². The van der Waals surface area contributed by atoms with Crippen LogP contribution in [-0.2, 0) is 11.2 Å². The summed E-state index contributed by atoms with van der Waals surface area (Å²) in [6.45, 7) is 0. The van der Waals surface area contributed by atoms with E-state index in [0.717, 1.165) is 48.9 Å². The summed E-state index contributed by atoms with van der Waals surface area (Å²) in [5.41, 5.74) is 3.66. The van der Waals surface area contributed by atoms with E-state index in [9.17, 15) is 10.1 Å². The fraction of sp³-hybridized carbons (Fsp3) is 0.474. The lowest BCUT2D eigenvalue weighted by molar-refractivity contribution is -0.119. The fourth-order valence-electron chi connectivity index (χ4n) is 3.98. The van der Waals surface area contributed by atoms with Crippen LogP contribution in [0.3, 0.4) is 0 Å². The van der Waals surface area contributed by atoms with Crippen LogP contribution in [0.5, 0.6) is 0 Å². The molecule has 3 nitrogen and oxygen atoms in total. The summed E-state index contributed by atoms with van der Waals surface area (Å²) in [5, 5.41) is 12.8. The van der Waals surface area contributed by atoms with Gasteiger partial charge in [0, 0.05) is 23.3 Å². The van der Waals surface area contributed by atoms with Gasteiger partial charge in [-0.1, -0.05) is 37.1 Å². The fourth-order valence-corrected chi connectivity index (χ4v) is 4.12. The third-order valence-corrected chi connectivity index (χ3v) is 5.34. The number of hydrogen-bond donors (Lipinski definition) is 1. The predicted octanol–water partition coefficient (Wildman–Crippen LogP) is 4.17. The Kier molecular flexibility index (Phi) is 4.73. The number of nitrogens with one attached hydrogen (secondary N) is 1. The average Bonchev–Trinajstić information content (AvgIpc) is 3.01. The van der Waals surface area contributed by atoms with Gasteiger partial charge in [0.25, 0.3) is 0 Å². The number of hydrogen-bond acceptors (Lipinski definition) is 2. The molecular formula is C19H21ClN2O. The van der Waals surface area contributed by atoms with Gasteiger partial charge in [-0.2, -0.15) is 5.26 Å². The number of rotatable bonds is 4. The van der Waals surface area contributed by atoms with Crippen molar-refractivity contribution in [3.05, 3.63) is 41.0 Å². The van der Waals surface area contributed by atoms with Gasteiger partial charge in [0.15, 0.2) is 0 Å². The molecule has 0 unspecified atom stereocenters. The van der Waals surface area contributed by atoms with Crippen molar-refractivity contribution in [1.82, 2.24) is 5.32 Å². The van der Waals surface area contributed by atoms with Crippen LogP contribution >= 0.6 is 11.6 Å². The van der Waals surface area contributed by atoms with Crippen LogP contribution in [0.1, 0.15) is 49.7 Å². The van der Waals surface area contributed by atoms with E-state index in [2.05, 4.69) is 17.5 Å². The SMILES string of the molecule is N#CC1=C(NC(=O)CCCCl)c2ccccc2CC12CCCC2. The lowest BCUT2D eigenvalue weighted by atomic mass is 9.68. The molecule has 23 heavy (non-hydrogen) atoms. The molecule has 1 amide bonds. The molecule has 1 aromatic carbocycles. The van der Waals surface area contributed by atoms with Crippen molar-refractivity contribution in [2.45, 2.75) is 44.9 Å². The molecule has 1 aromatic rings. The van der Waals surface area contributed by atoms with Gasteiger partial charge in [0.05, 0.1) is 17.3 Å². The van der Waals surface area contributed by atoms with Gasteiger partial charge in [-0.15, -0.1) is 11.6 Å². The molecule has 120 valence electrons. The first kappa shape index (κ1) is 16.1. The van der Waals surface area contributed by atoms with E-state index in [1.54, 1.807) is 0 Å². The summed E-state index contributed by atoms with van der Waals surface area (Å²) in [7, 11) is 0. The van der Waals surface area contributed by atoms with Crippen molar-refractivity contribution in [1.29, 1.82) is 5.26 Å². The molecule has 1 spiro atoms. The largest absolute Gasteiger partial charge is 0.325 e. The molecule has 1 saturated carbocycles. The Morgan fingerprint density at radius 1 is 1.30 bits per heavy atom. The van der Waals surface area contributed by atoms with Crippen LogP contribution in [0.4, 0.5) is 0 Å². The van der Waals surface area contributed by atoms with Gasteiger partial charge in [0.2, 0.25) is 5.91 Å². The molecule has 0 aliphatic heterocycles. The highest BCUT2D eigenvalue weighted by Gasteiger charge is 2.43. The molecule has 0 radical (unpaired) electrons. The Morgan fingerprint density at radius 3 is 2.74 bits per heavy atom. The standard InChI is InChI=1S/C19H21ClN2O/c20-11-5-8-17(23)22-18-15-7-2-1-6-14(15)12-19(16(18)13-21)9-3-4-10-19/h1-2,6-7H,3-5,8-12H2,(H,22,23). The smallest absolute Gasteiger partial charge is 0.224 e. The lowest BCUT2D eigenvalue weighted by Gasteiger charge is -2.36. The van der Waals surface area contributed by atoms with Crippen molar-refractivity contribution in [3.8, 4) is 6.07 Å². The van der Waals surface area contributed by atoms with Crippen LogP contribution < -0.4 is 5.32 Å². The molecule has 2 aliphatic rings. The summed E-state index contributed by atoms with van der Waals surface area (Å²) >= 11 is 5.68. The second-order valence-corrected chi connectivity index (χ2v) is 6.90. The number of fused-ring (bicyclic) bond motifs is 1. The first-order valence-electron chi connectivity index (χ1n) is 8.29. The zero-order valence-electron chi connectivity index (χ0n) is 13.2. The number of allylic oxidation sites excluding steroid dienone is 1. The molecule has 4 heteroatoms. The van der Waals surface area contributed by atoms with E-state index in [1.165, 1.54) is 5.56 Å². The third-order valence-electron chi connectivity index (χ3n) is 5.07. The first-order chi connectivity index (χ1) is 11.2. The zero-order valence-corrected chi connectivity index (χ0v) is 14.0. The quantitative estimate of drug-likeness (QED) is 0.843. The summed E-state index contributed by atoms with van der Waals surface area (Å²) in [6.07, 6.45) is 6.32. The van der Waals surface area contributed by atoms with Gasteiger partial charge in [0.1, 0.15) is 0 Å². The van der Waals surface area contributed by atoms with Crippen LogP contribution in [0.2, 0.25) is 0 Å². The third kappa shape index (κ3) is 3.01. The zero-order chi connectivity index (χ0) is 16.3. The van der Waals surface area contributed by atoms with Crippen LogP contribution in [-0.4, -0.2) is 11.8 Å². The van der Waals surface area contributed by atoms with Crippen molar-refractivity contribution in [2.24, 2.45) is 5.41 Å². The minimum Gasteiger partial charge on any atom is -0.325 e. The van der Waals surface area contributed by atoms with Crippen molar-refractivity contribution < 1.29 is 4.79 Å². The van der Waals surface area contributed by atoms with E-state index < -0.39 is 0 Å². The molecular weight excluding hydrogens is 308 g/mol. The molecule has 1 fully saturated rings. The second kappa shape index (κ2) is 6.76. The van der Waals surface area contributed by atoms with Gasteiger partial charge >= 0.3 is 0 Å². The molecule has 3 rings (SSSR count). The molecule has 0 saturated heterocycles. The Morgan fingerprint density at radius 2 is 2.04 bits per heavy atom. The topological polar surface area (TPSA) is 52.9 Å². The monoisotopic (exact) mass is 328 g/mol. The van der Waals surface area contributed by atoms with E-state index >= 15 is 0 Å². The highest BCUT2D eigenvalue weighted by atomic mass is 35.5. The molecule has 0 atom stereocenters. The summed E-state index contributed by atoms with van der Waals surface area (Å²) < 4.78 is 0. The normalized spacial score (nSPS) is 18.6. The molecule has 2 aliphatic carbocycles. The number of amides is 1.